The first-order valence-electron chi connectivity index (χ1n) is 13.1. The molecule has 40 heavy (non-hydrogen) atoms. The van der Waals surface area contributed by atoms with Crippen LogP contribution in [0.4, 0.5) is 0 Å². The molecule has 0 saturated carbocycles. The summed E-state index contributed by atoms with van der Waals surface area (Å²) < 4.78 is 12.3. The molecule has 0 fully saturated rings. The van der Waals surface area contributed by atoms with E-state index in [0.717, 1.165) is 36.2 Å². The van der Waals surface area contributed by atoms with E-state index in [-0.39, 0.29) is 11.5 Å². The van der Waals surface area contributed by atoms with E-state index in [1.54, 1.807) is 54.0 Å². The molecule has 0 radical (unpaired) electrons. The topological polar surface area (TPSA) is 120 Å². The van der Waals surface area contributed by atoms with Gasteiger partial charge in [0, 0.05) is 39.5 Å². The third-order valence-electron chi connectivity index (χ3n) is 5.64. The van der Waals surface area contributed by atoms with Gasteiger partial charge in [0.15, 0.2) is 0 Å². The molecule has 0 aliphatic rings. The highest BCUT2D eigenvalue weighted by Crippen LogP contribution is 2.12. The van der Waals surface area contributed by atoms with Gasteiger partial charge < -0.3 is 14.3 Å². The number of carbonyl (C=O) groups is 3. The Morgan fingerprint density at radius 2 is 1.73 bits per heavy atom. The van der Waals surface area contributed by atoms with Gasteiger partial charge in [-0.2, -0.15) is 0 Å². The molecule has 0 saturated heterocycles. The number of amidine groups is 1. The van der Waals surface area contributed by atoms with Crippen LogP contribution in [0.1, 0.15) is 50.3 Å². The zero-order chi connectivity index (χ0) is 29.9. The van der Waals surface area contributed by atoms with Crippen LogP contribution in [0.2, 0.25) is 0 Å². The summed E-state index contributed by atoms with van der Waals surface area (Å²) in [5.41, 5.74) is 1.28. The second-order valence-electron chi connectivity index (χ2n) is 8.28. The molecule has 1 aromatic heterocycles. The van der Waals surface area contributed by atoms with Gasteiger partial charge in [0.25, 0.3) is 5.56 Å². The van der Waals surface area contributed by atoms with Gasteiger partial charge in [0.1, 0.15) is 36.6 Å². The number of carbonyl (C=O) groups excluding carboxylic acids is 3. The molecule has 0 aliphatic carbocycles. The fourth-order valence-corrected chi connectivity index (χ4v) is 3.73. The molecule has 3 rings (SSSR count). The number of fused-ring (bicyclic) bond motifs is 1. The number of benzene rings is 2. The van der Waals surface area contributed by atoms with Crippen molar-refractivity contribution < 1.29 is 23.9 Å². The van der Waals surface area contributed by atoms with Gasteiger partial charge >= 0.3 is 0 Å². The lowest BCUT2D eigenvalue weighted by Crippen LogP contribution is -2.37. The Morgan fingerprint density at radius 3 is 2.25 bits per heavy atom. The summed E-state index contributed by atoms with van der Waals surface area (Å²) in [6, 6.07) is 14.2. The summed E-state index contributed by atoms with van der Waals surface area (Å²) in [5.74, 6) is 2.24. The summed E-state index contributed by atoms with van der Waals surface area (Å²) in [6.07, 6.45) is 2.98. The van der Waals surface area contributed by atoms with Crippen LogP contribution in [0, 0.1) is 0 Å². The predicted octanol–water partition coefficient (Wildman–Crippen LogP) is 3.98. The molecule has 3 aromatic rings. The number of methoxy groups -OCH3 is 1. The van der Waals surface area contributed by atoms with E-state index in [9.17, 15) is 14.4 Å². The molecule has 0 spiro atoms. The molecule has 0 N–H and O–H groups in total. The van der Waals surface area contributed by atoms with Crippen LogP contribution in [0.5, 0.6) is 5.75 Å². The van der Waals surface area contributed by atoms with Crippen molar-refractivity contribution in [2.24, 2.45) is 4.99 Å². The molecule has 0 aliphatic heterocycles. The number of para-hydroxylation sites is 1. The zero-order valence-electron chi connectivity index (χ0n) is 24.3. The van der Waals surface area contributed by atoms with E-state index in [2.05, 4.69) is 9.98 Å². The summed E-state index contributed by atoms with van der Waals surface area (Å²) in [5, 5.41) is 0.616. The summed E-state index contributed by atoms with van der Waals surface area (Å²) in [7, 11) is 3.31. The van der Waals surface area contributed by atoms with Crippen LogP contribution >= 0.6 is 0 Å². The highest BCUT2D eigenvalue weighted by Gasteiger charge is 2.12. The fraction of sp³-hybridized carbons (Fsp3) is 0.400. The van der Waals surface area contributed by atoms with E-state index in [0.29, 0.717) is 49.4 Å². The molecule has 216 valence electrons. The number of amides is 1. The van der Waals surface area contributed by atoms with Gasteiger partial charge in [-0.25, -0.2) is 4.98 Å². The van der Waals surface area contributed by atoms with E-state index >= 15 is 0 Å². The number of rotatable bonds is 10. The van der Waals surface area contributed by atoms with Crippen LogP contribution in [-0.2, 0) is 27.3 Å². The van der Waals surface area contributed by atoms with Crippen molar-refractivity contribution in [2.45, 2.75) is 47.1 Å². The summed E-state index contributed by atoms with van der Waals surface area (Å²) in [6.45, 7) is 8.83. The van der Waals surface area contributed by atoms with Crippen molar-refractivity contribution >= 4 is 35.2 Å². The van der Waals surface area contributed by atoms with Gasteiger partial charge in [-0.05, 0) is 43.3 Å². The van der Waals surface area contributed by atoms with E-state index in [1.165, 1.54) is 13.8 Å². The van der Waals surface area contributed by atoms with Crippen molar-refractivity contribution in [2.75, 3.05) is 33.9 Å². The largest absolute Gasteiger partial charge is 0.492 e. The maximum atomic E-state index is 12.7. The van der Waals surface area contributed by atoms with E-state index in [1.807, 2.05) is 32.0 Å². The van der Waals surface area contributed by atoms with Crippen LogP contribution in [0.25, 0.3) is 10.9 Å². The molecule has 0 atom stereocenters. The smallest absolute Gasteiger partial charge is 0.261 e. The van der Waals surface area contributed by atoms with Crippen molar-refractivity contribution in [3.05, 3.63) is 70.3 Å². The average Bonchev–Trinajstić information content (AvgIpc) is 2.97. The minimum absolute atomic E-state index is 0.0134. The van der Waals surface area contributed by atoms with Gasteiger partial charge in [-0.15, -0.1) is 0 Å². The van der Waals surface area contributed by atoms with Crippen LogP contribution in [0.3, 0.4) is 0 Å². The number of aromatic nitrogens is 2. The second-order valence-corrected chi connectivity index (χ2v) is 8.28. The first kappa shape index (κ1) is 33.8. The number of hydrogen-bond donors (Lipinski definition) is 0. The second kappa shape index (κ2) is 19.0. The number of nitrogens with zero attached hydrogens (tertiary/aromatic N) is 4. The fourth-order valence-electron chi connectivity index (χ4n) is 3.73. The first-order chi connectivity index (χ1) is 19.3. The number of aldehydes is 2. The first-order valence-corrected chi connectivity index (χ1v) is 13.1. The molecule has 2 aromatic carbocycles. The van der Waals surface area contributed by atoms with Gasteiger partial charge in [0.05, 0.1) is 30.6 Å². The van der Waals surface area contributed by atoms with Crippen molar-refractivity contribution in [1.29, 1.82) is 0 Å². The highest BCUT2D eigenvalue weighted by molar-refractivity contribution is 5.97. The van der Waals surface area contributed by atoms with Crippen molar-refractivity contribution in [1.82, 2.24) is 14.5 Å². The molecule has 0 bridgehead atoms. The Kier molecular flexibility index (Phi) is 16.1. The lowest BCUT2D eigenvalue weighted by Gasteiger charge is -2.21. The summed E-state index contributed by atoms with van der Waals surface area (Å²) >= 11 is 0. The molecule has 10 heteroatoms. The van der Waals surface area contributed by atoms with E-state index < -0.39 is 0 Å². The third-order valence-corrected chi connectivity index (χ3v) is 5.64. The number of aryl methyl sites for hydroxylation is 1. The quantitative estimate of drug-likeness (QED) is 0.212. The van der Waals surface area contributed by atoms with Gasteiger partial charge in [0.2, 0.25) is 5.91 Å². The van der Waals surface area contributed by atoms with Gasteiger partial charge in [-0.3, -0.25) is 28.8 Å². The SMILES string of the molecule is CC=O.CCC(=NC)N(CCOC)C(C)=O.CCc1nc2ccccc2c(=O)n1CCOc1ccc(C=O)cc1. The molecule has 0 unspecified atom stereocenters. The lowest BCUT2D eigenvalue weighted by molar-refractivity contribution is -0.125. The summed E-state index contributed by atoms with van der Waals surface area (Å²) in [4.78, 5) is 53.6. The van der Waals surface area contributed by atoms with Crippen molar-refractivity contribution in [3.8, 4) is 5.75 Å². The van der Waals surface area contributed by atoms with Crippen LogP contribution in [0.15, 0.2) is 58.3 Å². The number of hydrogen-bond acceptors (Lipinski definition) is 8. The average molecular weight is 553 g/mol. The normalized spacial score (nSPS) is 10.5. The Bertz CT molecular complexity index is 1300. The minimum atomic E-state index is -0.0441. The Hall–Kier alpha value is -4.18. The Balaban J connectivity index is 0.000000425. The highest BCUT2D eigenvalue weighted by atomic mass is 16.5. The third kappa shape index (κ3) is 10.5. The van der Waals surface area contributed by atoms with Crippen LogP contribution < -0.4 is 10.3 Å². The molecular formula is C30H40N4O6. The molecular weight excluding hydrogens is 512 g/mol. The predicted molar refractivity (Wildman–Crippen MR) is 157 cm³/mol. The molecule has 1 heterocycles. The van der Waals surface area contributed by atoms with E-state index in [4.69, 9.17) is 14.3 Å². The molecule has 1 amide bonds. The number of aliphatic imine (C=N–C) groups is 1. The van der Waals surface area contributed by atoms with Crippen molar-refractivity contribution in [3.63, 3.8) is 0 Å². The Morgan fingerprint density at radius 1 is 1.07 bits per heavy atom. The van der Waals surface area contributed by atoms with Gasteiger partial charge in [-0.1, -0.05) is 26.0 Å². The minimum Gasteiger partial charge on any atom is -0.492 e. The standard InChI is InChI=1S/C19H18N2O3.C9H18N2O2.C2H4O/c1-2-18-20-17-6-4-3-5-16(17)19(23)21(18)11-12-24-15-9-7-14(13-22)8-10-15;1-5-9(10-3)11(8(2)12)6-7-13-4;1-2-3/h3-10,13H,2,11-12H2,1H3;5-7H2,1-4H3;2H,1H3. The lowest BCUT2D eigenvalue weighted by atomic mass is 10.2. The maximum Gasteiger partial charge on any atom is 0.261 e. The monoisotopic (exact) mass is 552 g/mol. The number of ether oxygens (including phenoxy) is 2. The van der Waals surface area contributed by atoms with Crippen LogP contribution in [-0.4, -0.2) is 72.7 Å². The zero-order valence-corrected chi connectivity index (χ0v) is 24.3. The Labute approximate surface area is 235 Å². The molecule has 10 nitrogen and oxygen atoms in total. The maximum absolute atomic E-state index is 12.7.